The zero-order chi connectivity index (χ0) is 16.4. The fourth-order valence-corrected chi connectivity index (χ4v) is 2.30. The van der Waals surface area contributed by atoms with Gasteiger partial charge < -0.3 is 0 Å². The SMILES string of the molecule is Cc1cc(S(=O)(=O)NOCC(F)(F)F)cc([N+](=O)[O-])c1C. The van der Waals surface area contributed by atoms with Gasteiger partial charge in [0.05, 0.1) is 9.82 Å². The van der Waals surface area contributed by atoms with Crippen LogP contribution in [-0.2, 0) is 14.9 Å². The zero-order valence-corrected chi connectivity index (χ0v) is 11.7. The first-order valence-electron chi connectivity index (χ1n) is 5.40. The summed E-state index contributed by atoms with van der Waals surface area (Å²) in [5, 5.41) is 10.8. The van der Waals surface area contributed by atoms with Gasteiger partial charge in [-0.1, -0.05) is 4.89 Å². The molecule has 1 rings (SSSR count). The van der Waals surface area contributed by atoms with Crippen molar-refractivity contribution in [3.8, 4) is 0 Å². The molecule has 0 radical (unpaired) electrons. The molecule has 1 aromatic carbocycles. The molecule has 0 aliphatic heterocycles. The predicted octanol–water partition coefficient (Wildman–Crippen LogP) is 1.98. The third-order valence-corrected chi connectivity index (χ3v) is 3.72. The number of halogens is 3. The lowest BCUT2D eigenvalue weighted by Crippen LogP contribution is -2.29. The van der Waals surface area contributed by atoms with Crippen LogP contribution in [0.25, 0.3) is 0 Å². The van der Waals surface area contributed by atoms with Crippen molar-refractivity contribution in [1.82, 2.24) is 4.89 Å². The fraction of sp³-hybridized carbons (Fsp3) is 0.400. The minimum absolute atomic E-state index is 0.259. The minimum Gasteiger partial charge on any atom is -0.277 e. The standard InChI is InChI=1S/C10H11F3N2O5S/c1-6-3-8(4-9(7(6)2)15(16)17)21(18,19)14-20-5-10(11,12)13/h3-4,14H,5H2,1-2H3. The number of nitro groups is 1. The maximum atomic E-state index is 11.9. The first-order chi connectivity index (χ1) is 9.44. The second-order valence-electron chi connectivity index (χ2n) is 4.13. The number of aryl methyl sites for hydroxylation is 1. The van der Waals surface area contributed by atoms with Gasteiger partial charge >= 0.3 is 6.18 Å². The molecule has 0 heterocycles. The third kappa shape index (κ3) is 4.65. The molecular formula is C10H11F3N2O5S. The average Bonchev–Trinajstić information content (AvgIpc) is 2.29. The molecule has 1 aromatic rings. The van der Waals surface area contributed by atoms with Crippen molar-refractivity contribution < 1.29 is 31.3 Å². The molecule has 11 heteroatoms. The maximum Gasteiger partial charge on any atom is 0.413 e. The van der Waals surface area contributed by atoms with Gasteiger partial charge in [0.2, 0.25) is 0 Å². The van der Waals surface area contributed by atoms with Crippen molar-refractivity contribution in [2.45, 2.75) is 24.9 Å². The van der Waals surface area contributed by atoms with E-state index in [-0.39, 0.29) is 5.56 Å². The Kier molecular flexibility index (Phi) is 4.91. The number of sulfonamides is 1. The van der Waals surface area contributed by atoms with Crippen molar-refractivity contribution in [2.24, 2.45) is 0 Å². The number of hydrogen-bond acceptors (Lipinski definition) is 5. The number of alkyl halides is 3. The van der Waals surface area contributed by atoms with E-state index in [1.807, 2.05) is 0 Å². The summed E-state index contributed by atoms with van der Waals surface area (Å²) in [5.41, 5.74) is 0.113. The van der Waals surface area contributed by atoms with Crippen LogP contribution >= 0.6 is 0 Å². The number of rotatable bonds is 5. The van der Waals surface area contributed by atoms with E-state index < -0.39 is 38.3 Å². The quantitative estimate of drug-likeness (QED) is 0.658. The Hall–Kier alpha value is -1.72. The van der Waals surface area contributed by atoms with Gasteiger partial charge in [-0.25, -0.2) is 8.42 Å². The Bertz CT molecular complexity index is 657. The summed E-state index contributed by atoms with van der Waals surface area (Å²) >= 11 is 0. The molecule has 0 fully saturated rings. The fourth-order valence-electron chi connectivity index (χ4n) is 1.39. The van der Waals surface area contributed by atoms with E-state index in [1.54, 1.807) is 0 Å². The van der Waals surface area contributed by atoms with Crippen molar-refractivity contribution in [3.63, 3.8) is 0 Å². The lowest BCUT2D eigenvalue weighted by Gasteiger charge is -2.10. The molecule has 0 atom stereocenters. The number of nitrogens with zero attached hydrogens (tertiary/aromatic N) is 1. The molecule has 0 aromatic heterocycles. The molecule has 118 valence electrons. The summed E-state index contributed by atoms with van der Waals surface area (Å²) in [7, 11) is -4.45. The molecule has 0 saturated heterocycles. The summed E-state index contributed by atoms with van der Waals surface area (Å²) in [5.74, 6) is 0. The van der Waals surface area contributed by atoms with E-state index >= 15 is 0 Å². The second kappa shape index (κ2) is 5.95. The molecule has 0 saturated carbocycles. The predicted molar refractivity (Wildman–Crippen MR) is 64.9 cm³/mol. The van der Waals surface area contributed by atoms with Crippen LogP contribution in [-0.4, -0.2) is 26.1 Å². The molecular weight excluding hydrogens is 317 g/mol. The van der Waals surface area contributed by atoms with Crippen molar-refractivity contribution in [1.29, 1.82) is 0 Å². The molecule has 1 N–H and O–H groups in total. The van der Waals surface area contributed by atoms with Gasteiger partial charge in [0.25, 0.3) is 15.7 Å². The molecule has 0 aliphatic carbocycles. The monoisotopic (exact) mass is 328 g/mol. The lowest BCUT2D eigenvalue weighted by atomic mass is 10.1. The molecule has 0 unspecified atom stereocenters. The van der Waals surface area contributed by atoms with Crippen molar-refractivity contribution >= 4 is 15.7 Å². The molecule has 0 aliphatic rings. The van der Waals surface area contributed by atoms with Crippen molar-refractivity contribution in [2.75, 3.05) is 6.61 Å². The van der Waals surface area contributed by atoms with Crippen LogP contribution in [0, 0.1) is 24.0 Å². The van der Waals surface area contributed by atoms with Gasteiger partial charge in [-0.3, -0.25) is 15.0 Å². The lowest BCUT2D eigenvalue weighted by molar-refractivity contribution is -0.385. The smallest absolute Gasteiger partial charge is 0.277 e. The van der Waals surface area contributed by atoms with Gasteiger partial charge in [-0.2, -0.15) is 13.2 Å². The minimum atomic E-state index is -4.71. The summed E-state index contributed by atoms with van der Waals surface area (Å²) in [6, 6.07) is 1.85. The molecule has 21 heavy (non-hydrogen) atoms. The third-order valence-electron chi connectivity index (χ3n) is 2.52. The van der Waals surface area contributed by atoms with Crippen LogP contribution in [0.3, 0.4) is 0 Å². The molecule has 0 bridgehead atoms. The Balaban J connectivity index is 3.07. The summed E-state index contributed by atoms with van der Waals surface area (Å²) < 4.78 is 59.1. The van der Waals surface area contributed by atoms with E-state index in [4.69, 9.17) is 0 Å². The zero-order valence-electron chi connectivity index (χ0n) is 10.9. The normalized spacial score (nSPS) is 12.4. The highest BCUT2D eigenvalue weighted by Gasteiger charge is 2.29. The number of benzene rings is 1. The van der Waals surface area contributed by atoms with E-state index in [2.05, 4.69) is 4.84 Å². The van der Waals surface area contributed by atoms with Gasteiger partial charge in [-0.05, 0) is 25.5 Å². The Morgan fingerprint density at radius 2 is 1.90 bits per heavy atom. The second-order valence-corrected chi connectivity index (χ2v) is 5.78. The van der Waals surface area contributed by atoms with Crippen LogP contribution in [0.5, 0.6) is 0 Å². The molecule has 0 amide bonds. The largest absolute Gasteiger partial charge is 0.413 e. The maximum absolute atomic E-state index is 11.9. The van der Waals surface area contributed by atoms with Crippen LogP contribution in [0.2, 0.25) is 0 Å². The number of nitro benzene ring substituents is 1. The van der Waals surface area contributed by atoms with E-state index in [9.17, 15) is 31.7 Å². The molecule has 7 nitrogen and oxygen atoms in total. The van der Waals surface area contributed by atoms with E-state index in [1.165, 1.54) is 18.7 Å². The van der Waals surface area contributed by atoms with Gasteiger partial charge in [-0.15, -0.1) is 0 Å². The van der Waals surface area contributed by atoms with Crippen LogP contribution in [0.1, 0.15) is 11.1 Å². The first kappa shape index (κ1) is 17.3. The average molecular weight is 328 g/mol. The number of hydrogen-bond donors (Lipinski definition) is 1. The summed E-state index contributed by atoms with van der Waals surface area (Å²) in [4.78, 5) is 14.6. The number of nitrogens with one attached hydrogen (secondary N) is 1. The van der Waals surface area contributed by atoms with E-state index in [0.29, 0.717) is 5.56 Å². The Morgan fingerprint density at radius 3 is 2.38 bits per heavy atom. The van der Waals surface area contributed by atoms with Crippen LogP contribution < -0.4 is 4.89 Å². The van der Waals surface area contributed by atoms with Gasteiger partial charge in [0.15, 0.2) is 6.61 Å². The van der Waals surface area contributed by atoms with E-state index in [0.717, 1.165) is 12.1 Å². The molecule has 0 spiro atoms. The summed E-state index contributed by atoms with van der Waals surface area (Å²) in [6.45, 7) is 1.05. The van der Waals surface area contributed by atoms with Gasteiger partial charge in [0, 0.05) is 11.6 Å². The van der Waals surface area contributed by atoms with Crippen LogP contribution in [0.4, 0.5) is 18.9 Å². The summed E-state index contributed by atoms with van der Waals surface area (Å²) in [6.07, 6.45) is -4.71. The topological polar surface area (TPSA) is 98.5 Å². The van der Waals surface area contributed by atoms with Crippen LogP contribution in [0.15, 0.2) is 17.0 Å². The van der Waals surface area contributed by atoms with Crippen molar-refractivity contribution in [3.05, 3.63) is 33.4 Å². The highest BCUT2D eigenvalue weighted by atomic mass is 32.2. The Morgan fingerprint density at radius 1 is 1.33 bits per heavy atom. The highest BCUT2D eigenvalue weighted by molar-refractivity contribution is 7.89. The first-order valence-corrected chi connectivity index (χ1v) is 6.88. The highest BCUT2D eigenvalue weighted by Crippen LogP contribution is 2.25. The van der Waals surface area contributed by atoms with Gasteiger partial charge in [0.1, 0.15) is 0 Å². The Labute approximate surface area is 117 Å².